The summed E-state index contributed by atoms with van der Waals surface area (Å²) >= 11 is 0. The highest BCUT2D eigenvalue weighted by Crippen LogP contribution is 2.51. The third-order valence-electron chi connectivity index (χ3n) is 5.48. The largest absolute Gasteiger partial charge is 0.508 e. The molecule has 154 valence electrons. The molecule has 0 bridgehead atoms. The zero-order chi connectivity index (χ0) is 21.0. The van der Waals surface area contributed by atoms with E-state index in [4.69, 9.17) is 0 Å². The molecule has 1 atom stereocenters. The van der Waals surface area contributed by atoms with Crippen molar-refractivity contribution in [2.45, 2.75) is 30.5 Å². The van der Waals surface area contributed by atoms with E-state index in [-0.39, 0.29) is 36.3 Å². The van der Waals surface area contributed by atoms with Gasteiger partial charge in [0.2, 0.25) is 0 Å². The number of hydrogen-bond donors (Lipinski definition) is 2. The smallest absolute Gasteiger partial charge is 0.418 e. The van der Waals surface area contributed by atoms with Crippen LogP contribution in [-0.4, -0.2) is 34.9 Å². The van der Waals surface area contributed by atoms with E-state index in [9.17, 15) is 31.9 Å². The summed E-state index contributed by atoms with van der Waals surface area (Å²) in [4.78, 5) is 14.4. The number of halogens is 5. The van der Waals surface area contributed by atoms with Gasteiger partial charge in [0.1, 0.15) is 5.75 Å². The number of phenolic OH excluding ortho intramolecular Hbond substituents is 1. The monoisotopic (exact) mass is 412 g/mol. The van der Waals surface area contributed by atoms with Gasteiger partial charge >= 0.3 is 6.18 Å². The summed E-state index contributed by atoms with van der Waals surface area (Å²) in [6.45, 7) is -0.656. The first-order valence-corrected chi connectivity index (χ1v) is 9.00. The number of carbonyl (C=O) groups excluding carboxylic acids is 1. The molecular weight excluding hydrogens is 395 g/mol. The topological polar surface area (TPSA) is 52.6 Å². The molecule has 0 saturated carbocycles. The normalized spacial score (nSPS) is 24.2. The van der Waals surface area contributed by atoms with Gasteiger partial charge in [-0.05, 0) is 30.2 Å². The van der Waals surface area contributed by atoms with Crippen LogP contribution in [0.5, 0.6) is 5.75 Å². The molecule has 29 heavy (non-hydrogen) atoms. The molecule has 2 heterocycles. The quantitative estimate of drug-likeness (QED) is 0.722. The summed E-state index contributed by atoms with van der Waals surface area (Å²) < 4.78 is 69.0. The number of amides is 1. The Morgan fingerprint density at radius 3 is 2.38 bits per heavy atom. The summed E-state index contributed by atoms with van der Waals surface area (Å²) in [5.41, 5.74) is -3.13. The van der Waals surface area contributed by atoms with Crippen LogP contribution >= 0.6 is 0 Å². The number of carbonyl (C=O) groups is 1. The third-order valence-corrected chi connectivity index (χ3v) is 5.48. The van der Waals surface area contributed by atoms with E-state index in [1.807, 2.05) is 0 Å². The molecule has 2 aromatic carbocycles. The average Bonchev–Trinajstić information content (AvgIpc) is 2.93. The van der Waals surface area contributed by atoms with Crippen molar-refractivity contribution < 1.29 is 31.9 Å². The lowest BCUT2D eigenvalue weighted by molar-refractivity contribution is -0.137. The Balaban J connectivity index is 1.98. The van der Waals surface area contributed by atoms with Crippen LogP contribution < -0.4 is 5.32 Å². The van der Waals surface area contributed by atoms with E-state index in [1.54, 1.807) is 0 Å². The Labute approximate surface area is 162 Å². The number of piperidine rings is 1. The summed E-state index contributed by atoms with van der Waals surface area (Å²) in [6.07, 6.45) is -4.99. The molecule has 1 saturated heterocycles. The van der Waals surface area contributed by atoms with Crippen LogP contribution in [0.25, 0.3) is 0 Å². The van der Waals surface area contributed by atoms with Crippen molar-refractivity contribution in [2.75, 3.05) is 18.4 Å². The van der Waals surface area contributed by atoms with E-state index in [0.717, 1.165) is 6.07 Å². The number of aromatic hydroxyl groups is 1. The molecule has 0 aliphatic carbocycles. The maximum atomic E-state index is 14.2. The van der Waals surface area contributed by atoms with Crippen molar-refractivity contribution in [1.82, 2.24) is 4.90 Å². The second-order valence-electron chi connectivity index (χ2n) is 7.32. The van der Waals surface area contributed by atoms with Crippen LogP contribution in [0.3, 0.4) is 0 Å². The predicted molar refractivity (Wildman–Crippen MR) is 94.7 cm³/mol. The molecule has 2 aromatic rings. The Morgan fingerprint density at radius 1 is 1.07 bits per heavy atom. The van der Waals surface area contributed by atoms with Gasteiger partial charge in [0.05, 0.1) is 17.8 Å². The SMILES string of the molecule is O=C1Nc2c(C(F)(F)F)cccc2[C@@]1(c1ccc(O)cc1)N1CCCC(F)(F)C1. The fraction of sp³-hybridized carbons (Fsp3) is 0.350. The summed E-state index contributed by atoms with van der Waals surface area (Å²) in [5.74, 6) is -4.02. The number of likely N-dealkylation sites (tertiary alicyclic amines) is 1. The highest BCUT2D eigenvalue weighted by molar-refractivity contribution is 6.09. The summed E-state index contributed by atoms with van der Waals surface area (Å²) in [6, 6.07) is 8.66. The zero-order valence-corrected chi connectivity index (χ0v) is 15.1. The Bertz CT molecular complexity index is 958. The van der Waals surface area contributed by atoms with E-state index in [1.165, 1.54) is 41.3 Å². The Kier molecular flexibility index (Phi) is 4.34. The Hall–Kier alpha value is -2.68. The summed E-state index contributed by atoms with van der Waals surface area (Å²) in [7, 11) is 0. The molecule has 4 nitrogen and oxygen atoms in total. The minimum absolute atomic E-state index is 0.0271. The molecule has 2 aliphatic rings. The highest BCUT2D eigenvalue weighted by atomic mass is 19.4. The fourth-order valence-electron chi connectivity index (χ4n) is 4.29. The molecule has 2 aliphatic heterocycles. The maximum Gasteiger partial charge on any atom is 0.418 e. The van der Waals surface area contributed by atoms with Crippen molar-refractivity contribution in [3.05, 3.63) is 59.2 Å². The second-order valence-corrected chi connectivity index (χ2v) is 7.32. The standard InChI is InChI=1S/C20H17F5N2O2/c21-18(22)9-2-10-27(11-18)19(12-5-7-13(28)8-6-12)14-3-1-4-15(20(23,24)25)16(14)26-17(19)29/h1,3-8,28H,2,9-11H2,(H,26,29)/t19-/m1/s1. The number of nitrogens with zero attached hydrogens (tertiary/aromatic N) is 1. The van der Waals surface area contributed by atoms with Crippen LogP contribution in [0.2, 0.25) is 0 Å². The molecule has 1 amide bonds. The molecule has 1 fully saturated rings. The molecular formula is C20H17F5N2O2. The number of phenols is 1. The number of benzene rings is 2. The van der Waals surface area contributed by atoms with Gasteiger partial charge < -0.3 is 10.4 Å². The molecule has 0 unspecified atom stereocenters. The van der Waals surface area contributed by atoms with Crippen molar-refractivity contribution in [3.63, 3.8) is 0 Å². The molecule has 2 N–H and O–H groups in total. The predicted octanol–water partition coefficient (Wildman–Crippen LogP) is 4.34. The lowest BCUT2D eigenvalue weighted by Gasteiger charge is -2.44. The van der Waals surface area contributed by atoms with Crippen molar-refractivity contribution in [3.8, 4) is 5.75 Å². The van der Waals surface area contributed by atoms with Gasteiger partial charge in [-0.1, -0.05) is 24.3 Å². The Morgan fingerprint density at radius 2 is 1.76 bits per heavy atom. The van der Waals surface area contributed by atoms with Crippen LogP contribution in [0.4, 0.5) is 27.6 Å². The average molecular weight is 412 g/mol. The number of alkyl halides is 5. The van der Waals surface area contributed by atoms with Crippen LogP contribution in [0, 0.1) is 0 Å². The molecule has 0 spiro atoms. The molecule has 4 rings (SSSR count). The van der Waals surface area contributed by atoms with Crippen molar-refractivity contribution in [2.24, 2.45) is 0 Å². The number of rotatable bonds is 2. The van der Waals surface area contributed by atoms with Crippen LogP contribution in [0.15, 0.2) is 42.5 Å². The van der Waals surface area contributed by atoms with Gasteiger partial charge in [0.15, 0.2) is 5.54 Å². The van der Waals surface area contributed by atoms with Gasteiger partial charge in [0, 0.05) is 18.5 Å². The highest BCUT2D eigenvalue weighted by Gasteiger charge is 2.57. The fourth-order valence-corrected chi connectivity index (χ4v) is 4.29. The first kappa shape index (κ1) is 19.6. The minimum atomic E-state index is -4.73. The second kappa shape index (κ2) is 6.41. The lowest BCUT2D eigenvalue weighted by Crippen LogP contribution is -2.57. The summed E-state index contributed by atoms with van der Waals surface area (Å²) in [5, 5.41) is 11.9. The van der Waals surface area contributed by atoms with Gasteiger partial charge in [-0.2, -0.15) is 13.2 Å². The zero-order valence-electron chi connectivity index (χ0n) is 15.1. The van der Waals surface area contributed by atoms with Crippen molar-refractivity contribution in [1.29, 1.82) is 0 Å². The van der Waals surface area contributed by atoms with E-state index >= 15 is 0 Å². The van der Waals surface area contributed by atoms with Crippen LogP contribution in [-0.2, 0) is 16.5 Å². The van der Waals surface area contributed by atoms with Crippen molar-refractivity contribution >= 4 is 11.6 Å². The van der Waals surface area contributed by atoms with Gasteiger partial charge in [-0.25, -0.2) is 8.78 Å². The lowest BCUT2D eigenvalue weighted by atomic mass is 9.80. The number of para-hydroxylation sites is 1. The van der Waals surface area contributed by atoms with Gasteiger partial charge in [0.25, 0.3) is 11.8 Å². The third kappa shape index (κ3) is 3.04. The molecule has 0 radical (unpaired) electrons. The number of anilines is 1. The van der Waals surface area contributed by atoms with Gasteiger partial charge in [-0.15, -0.1) is 0 Å². The van der Waals surface area contributed by atoms with Gasteiger partial charge in [-0.3, -0.25) is 9.69 Å². The minimum Gasteiger partial charge on any atom is -0.508 e. The van der Waals surface area contributed by atoms with E-state index in [2.05, 4.69) is 5.32 Å². The number of hydrogen-bond acceptors (Lipinski definition) is 3. The van der Waals surface area contributed by atoms with E-state index in [0.29, 0.717) is 0 Å². The number of fused-ring (bicyclic) bond motifs is 1. The molecule has 0 aromatic heterocycles. The van der Waals surface area contributed by atoms with E-state index < -0.39 is 41.3 Å². The maximum absolute atomic E-state index is 14.2. The number of nitrogens with one attached hydrogen (secondary N) is 1. The first-order valence-electron chi connectivity index (χ1n) is 9.00. The molecule has 9 heteroatoms. The first-order chi connectivity index (χ1) is 13.6. The van der Waals surface area contributed by atoms with Crippen LogP contribution in [0.1, 0.15) is 29.5 Å².